The van der Waals surface area contributed by atoms with E-state index in [2.05, 4.69) is 5.32 Å². The molecule has 1 atom stereocenters. The first-order valence-corrected chi connectivity index (χ1v) is 15.1. The van der Waals surface area contributed by atoms with Crippen molar-refractivity contribution in [3.05, 3.63) is 65.2 Å². The SMILES string of the molecule is CC[C@H](C(=O)NC1CCCC1)N(Cc1ccccc1C)C(=O)CN(c1ccccc1C(C)C)S(C)(=O)=O. The van der Waals surface area contributed by atoms with Gasteiger partial charge in [0.1, 0.15) is 12.6 Å². The molecule has 0 heterocycles. The van der Waals surface area contributed by atoms with Gasteiger partial charge < -0.3 is 10.2 Å². The summed E-state index contributed by atoms with van der Waals surface area (Å²) in [5, 5.41) is 3.14. The Labute approximate surface area is 222 Å². The zero-order chi connectivity index (χ0) is 27.2. The lowest BCUT2D eigenvalue weighted by Crippen LogP contribution is -2.53. The second kappa shape index (κ2) is 12.6. The molecule has 0 aromatic heterocycles. The number of nitrogens with zero attached hydrogens (tertiary/aromatic N) is 2. The van der Waals surface area contributed by atoms with E-state index in [1.807, 2.05) is 64.1 Å². The molecule has 202 valence electrons. The summed E-state index contributed by atoms with van der Waals surface area (Å²) in [6, 6.07) is 14.5. The van der Waals surface area contributed by atoms with Crippen LogP contribution in [0.5, 0.6) is 0 Å². The molecule has 0 saturated heterocycles. The number of aryl methyl sites for hydroxylation is 1. The molecule has 0 radical (unpaired) electrons. The summed E-state index contributed by atoms with van der Waals surface area (Å²) in [6.07, 6.45) is 5.62. The van der Waals surface area contributed by atoms with Gasteiger partial charge in [0.2, 0.25) is 21.8 Å². The molecule has 0 aliphatic heterocycles. The number of anilines is 1. The number of carbonyl (C=O) groups excluding carboxylic acids is 2. The highest BCUT2D eigenvalue weighted by Crippen LogP contribution is 2.29. The first-order chi connectivity index (χ1) is 17.5. The molecule has 1 aliphatic rings. The first kappa shape index (κ1) is 28.7. The molecule has 2 aromatic carbocycles. The molecule has 1 saturated carbocycles. The van der Waals surface area contributed by atoms with Crippen LogP contribution in [0.4, 0.5) is 5.69 Å². The fourth-order valence-electron chi connectivity index (χ4n) is 5.06. The second-order valence-corrected chi connectivity index (χ2v) is 12.3. The number of nitrogens with one attached hydrogen (secondary N) is 1. The Morgan fingerprint density at radius 3 is 2.24 bits per heavy atom. The smallest absolute Gasteiger partial charge is 0.244 e. The van der Waals surface area contributed by atoms with Crippen LogP contribution < -0.4 is 9.62 Å². The monoisotopic (exact) mass is 527 g/mol. The van der Waals surface area contributed by atoms with Crippen LogP contribution in [0.2, 0.25) is 0 Å². The molecule has 37 heavy (non-hydrogen) atoms. The quantitative estimate of drug-likeness (QED) is 0.457. The van der Waals surface area contributed by atoms with Crippen LogP contribution in [-0.4, -0.2) is 50.0 Å². The van der Waals surface area contributed by atoms with E-state index >= 15 is 0 Å². The number of carbonyl (C=O) groups is 2. The Hall–Kier alpha value is -2.87. The topological polar surface area (TPSA) is 86.8 Å². The Balaban J connectivity index is 1.98. The molecule has 0 bridgehead atoms. The molecule has 8 heteroatoms. The largest absolute Gasteiger partial charge is 0.352 e. The van der Waals surface area contributed by atoms with Crippen LogP contribution in [-0.2, 0) is 26.2 Å². The maximum absolute atomic E-state index is 14.0. The molecular formula is C29H41N3O4S. The number of para-hydroxylation sites is 1. The lowest BCUT2D eigenvalue weighted by atomic mass is 10.0. The summed E-state index contributed by atoms with van der Waals surface area (Å²) in [7, 11) is -3.77. The lowest BCUT2D eigenvalue weighted by molar-refractivity contribution is -0.140. The summed E-state index contributed by atoms with van der Waals surface area (Å²) in [4.78, 5) is 28.9. The highest BCUT2D eigenvalue weighted by molar-refractivity contribution is 7.92. The Bertz CT molecular complexity index is 1190. The Morgan fingerprint density at radius 1 is 1.03 bits per heavy atom. The zero-order valence-electron chi connectivity index (χ0n) is 22.7. The maximum atomic E-state index is 14.0. The van der Waals surface area contributed by atoms with Crippen LogP contribution in [0.15, 0.2) is 48.5 Å². The minimum atomic E-state index is -3.77. The molecule has 1 N–H and O–H groups in total. The van der Waals surface area contributed by atoms with Gasteiger partial charge in [0.15, 0.2) is 0 Å². The van der Waals surface area contributed by atoms with E-state index in [1.54, 1.807) is 17.0 Å². The van der Waals surface area contributed by atoms with Crippen molar-refractivity contribution in [2.45, 2.75) is 84.3 Å². The van der Waals surface area contributed by atoms with Crippen molar-refractivity contribution in [2.24, 2.45) is 0 Å². The number of benzene rings is 2. The molecule has 2 aromatic rings. The van der Waals surface area contributed by atoms with Crippen molar-refractivity contribution in [3.63, 3.8) is 0 Å². The molecule has 0 spiro atoms. The van der Waals surface area contributed by atoms with Gasteiger partial charge in [-0.2, -0.15) is 0 Å². The van der Waals surface area contributed by atoms with Gasteiger partial charge in [0.25, 0.3) is 0 Å². The Morgan fingerprint density at radius 2 is 1.65 bits per heavy atom. The van der Waals surface area contributed by atoms with Crippen LogP contribution >= 0.6 is 0 Å². The van der Waals surface area contributed by atoms with Gasteiger partial charge in [-0.3, -0.25) is 13.9 Å². The van der Waals surface area contributed by atoms with E-state index in [1.165, 1.54) is 4.31 Å². The summed E-state index contributed by atoms with van der Waals surface area (Å²) in [5.74, 6) is -0.510. The average molecular weight is 528 g/mol. The number of amides is 2. The summed E-state index contributed by atoms with van der Waals surface area (Å²) in [5.41, 5.74) is 3.28. The van der Waals surface area contributed by atoms with E-state index in [9.17, 15) is 18.0 Å². The van der Waals surface area contributed by atoms with E-state index in [0.29, 0.717) is 12.1 Å². The van der Waals surface area contributed by atoms with Crippen LogP contribution in [0.25, 0.3) is 0 Å². The molecule has 7 nitrogen and oxygen atoms in total. The number of sulfonamides is 1. The third-order valence-corrected chi connectivity index (χ3v) is 8.32. The number of rotatable bonds is 11. The zero-order valence-corrected chi connectivity index (χ0v) is 23.6. The minimum absolute atomic E-state index is 0.0687. The fraction of sp³-hybridized carbons (Fsp3) is 0.517. The fourth-order valence-corrected chi connectivity index (χ4v) is 5.92. The highest BCUT2D eigenvalue weighted by atomic mass is 32.2. The van der Waals surface area contributed by atoms with Crippen LogP contribution in [0, 0.1) is 6.92 Å². The van der Waals surface area contributed by atoms with Gasteiger partial charge >= 0.3 is 0 Å². The molecule has 2 amide bonds. The third-order valence-electron chi connectivity index (χ3n) is 7.20. The van der Waals surface area contributed by atoms with Gasteiger partial charge in [-0.25, -0.2) is 8.42 Å². The van der Waals surface area contributed by atoms with E-state index < -0.39 is 22.0 Å². The molecule has 1 aliphatic carbocycles. The maximum Gasteiger partial charge on any atom is 0.244 e. The van der Waals surface area contributed by atoms with Gasteiger partial charge in [0.05, 0.1) is 11.9 Å². The normalized spacial score (nSPS) is 15.0. The van der Waals surface area contributed by atoms with Crippen molar-refractivity contribution < 1.29 is 18.0 Å². The van der Waals surface area contributed by atoms with Gasteiger partial charge in [-0.1, -0.05) is 76.1 Å². The van der Waals surface area contributed by atoms with Crippen molar-refractivity contribution in [2.75, 3.05) is 17.1 Å². The minimum Gasteiger partial charge on any atom is -0.352 e. The van der Waals surface area contributed by atoms with Gasteiger partial charge in [-0.15, -0.1) is 0 Å². The van der Waals surface area contributed by atoms with E-state index in [4.69, 9.17) is 0 Å². The van der Waals surface area contributed by atoms with Crippen molar-refractivity contribution in [1.82, 2.24) is 10.2 Å². The molecular weight excluding hydrogens is 486 g/mol. The third kappa shape index (κ3) is 7.34. The predicted molar refractivity (Wildman–Crippen MR) is 149 cm³/mol. The summed E-state index contributed by atoms with van der Waals surface area (Å²) in [6.45, 7) is 7.70. The van der Waals surface area contributed by atoms with Crippen LogP contribution in [0.3, 0.4) is 0 Å². The first-order valence-electron chi connectivity index (χ1n) is 13.2. The van der Waals surface area contributed by atoms with Crippen molar-refractivity contribution in [3.8, 4) is 0 Å². The van der Waals surface area contributed by atoms with E-state index in [0.717, 1.165) is 48.6 Å². The van der Waals surface area contributed by atoms with Crippen LogP contribution in [0.1, 0.15) is 75.5 Å². The predicted octanol–water partition coefficient (Wildman–Crippen LogP) is 4.75. The van der Waals surface area contributed by atoms with E-state index in [-0.39, 0.29) is 31.0 Å². The highest BCUT2D eigenvalue weighted by Gasteiger charge is 2.33. The average Bonchev–Trinajstić information content (AvgIpc) is 3.35. The molecule has 3 rings (SSSR count). The summed E-state index contributed by atoms with van der Waals surface area (Å²) >= 11 is 0. The lowest BCUT2D eigenvalue weighted by Gasteiger charge is -2.34. The second-order valence-electron chi connectivity index (χ2n) is 10.3. The van der Waals surface area contributed by atoms with Gasteiger partial charge in [-0.05, 0) is 54.9 Å². The molecule has 1 fully saturated rings. The molecule has 0 unspecified atom stereocenters. The van der Waals surface area contributed by atoms with Crippen molar-refractivity contribution in [1.29, 1.82) is 0 Å². The standard InChI is InChI=1S/C29H41N3O4S/c1-6-26(29(34)30-24-15-9-10-16-24)31(19-23-14-8-7-13-22(23)4)28(33)20-32(37(5,35)36)27-18-12-11-17-25(27)21(2)3/h7-8,11-14,17-18,21,24,26H,6,9-10,15-16,19-20H2,1-5H3,(H,30,34)/t26-/m1/s1. The Kier molecular flexibility index (Phi) is 9.76. The number of hydrogen-bond donors (Lipinski definition) is 1. The van der Waals surface area contributed by atoms with Crippen molar-refractivity contribution >= 4 is 27.5 Å². The van der Waals surface area contributed by atoms with Gasteiger partial charge in [0, 0.05) is 12.6 Å². The summed E-state index contributed by atoms with van der Waals surface area (Å²) < 4.78 is 27.1. The number of hydrogen-bond acceptors (Lipinski definition) is 4.